The number of rotatable bonds is 5. The van der Waals surface area contributed by atoms with Crippen molar-refractivity contribution in [2.45, 2.75) is 77.0 Å². The summed E-state index contributed by atoms with van der Waals surface area (Å²) in [6.45, 7) is 7.58. The number of carbonyl (C=O) groups is 3. The maximum Gasteiger partial charge on any atom is 0.343 e. The second-order valence-corrected chi connectivity index (χ2v) is 8.25. The van der Waals surface area contributed by atoms with E-state index in [9.17, 15) is 19.5 Å². The molecule has 9 nitrogen and oxygen atoms in total. The lowest BCUT2D eigenvalue weighted by atomic mass is 9.82. The fourth-order valence-electron chi connectivity index (χ4n) is 4.31. The molecule has 3 heterocycles. The molecule has 0 aliphatic carbocycles. The predicted molar refractivity (Wildman–Crippen MR) is 102 cm³/mol. The van der Waals surface area contributed by atoms with Gasteiger partial charge in [0.15, 0.2) is 5.79 Å². The van der Waals surface area contributed by atoms with E-state index in [1.54, 1.807) is 26.8 Å². The Bertz CT molecular complexity index is 824. The maximum atomic E-state index is 12.6. The molecule has 4 unspecified atom stereocenters. The van der Waals surface area contributed by atoms with Crippen LogP contribution in [0.15, 0.2) is 23.0 Å². The molecule has 1 fully saturated rings. The first-order valence-electron chi connectivity index (χ1n) is 9.97. The summed E-state index contributed by atoms with van der Waals surface area (Å²) in [5.41, 5.74) is -2.15. The lowest BCUT2D eigenvalue weighted by Gasteiger charge is -2.43. The lowest BCUT2D eigenvalue weighted by Crippen LogP contribution is -2.56. The molecule has 2 bridgehead atoms. The fraction of sp³-hybridized carbons (Fsp3) is 0.667. The molecule has 0 amide bonds. The predicted octanol–water partition coefficient (Wildman–Crippen LogP) is 1.68. The Kier molecular flexibility index (Phi) is 5.83. The Morgan fingerprint density at radius 2 is 1.93 bits per heavy atom. The van der Waals surface area contributed by atoms with Crippen molar-refractivity contribution >= 4 is 17.9 Å². The van der Waals surface area contributed by atoms with Gasteiger partial charge in [-0.15, -0.1) is 0 Å². The van der Waals surface area contributed by atoms with Crippen LogP contribution in [0.2, 0.25) is 0 Å². The van der Waals surface area contributed by atoms with Crippen molar-refractivity contribution in [3.05, 3.63) is 23.0 Å². The number of fused-ring (bicyclic) bond motifs is 3. The van der Waals surface area contributed by atoms with E-state index >= 15 is 0 Å². The van der Waals surface area contributed by atoms with Crippen molar-refractivity contribution < 1.29 is 43.2 Å². The summed E-state index contributed by atoms with van der Waals surface area (Å²) in [7, 11) is 0. The van der Waals surface area contributed by atoms with Gasteiger partial charge in [-0.25, -0.2) is 4.79 Å². The molecule has 0 aromatic carbocycles. The van der Waals surface area contributed by atoms with Crippen LogP contribution in [0.5, 0.6) is 0 Å². The fourth-order valence-corrected chi connectivity index (χ4v) is 4.31. The van der Waals surface area contributed by atoms with Gasteiger partial charge < -0.3 is 28.8 Å². The third-order valence-corrected chi connectivity index (χ3v) is 5.66. The van der Waals surface area contributed by atoms with Crippen molar-refractivity contribution in [3.8, 4) is 0 Å². The van der Waals surface area contributed by atoms with Gasteiger partial charge in [0, 0.05) is 38.9 Å². The van der Waals surface area contributed by atoms with E-state index in [2.05, 4.69) is 0 Å². The topological polar surface area (TPSA) is 118 Å². The third-order valence-electron chi connectivity index (χ3n) is 5.66. The summed E-state index contributed by atoms with van der Waals surface area (Å²) in [5, 5.41) is 11.5. The van der Waals surface area contributed by atoms with E-state index in [0.29, 0.717) is 19.4 Å². The summed E-state index contributed by atoms with van der Waals surface area (Å²) in [4.78, 5) is 35.7. The molecular weight excluding hydrogens is 396 g/mol. The first-order valence-corrected chi connectivity index (χ1v) is 9.97. The van der Waals surface area contributed by atoms with E-state index in [1.165, 1.54) is 13.8 Å². The number of aliphatic hydroxyl groups is 1. The van der Waals surface area contributed by atoms with Gasteiger partial charge in [-0.05, 0) is 33.3 Å². The highest BCUT2D eigenvalue weighted by molar-refractivity contribution is 5.95. The highest BCUT2D eigenvalue weighted by Crippen LogP contribution is 2.51. The van der Waals surface area contributed by atoms with Gasteiger partial charge in [0.1, 0.15) is 24.1 Å². The average Bonchev–Trinajstić information content (AvgIpc) is 3.10. The molecule has 0 spiro atoms. The van der Waals surface area contributed by atoms with Gasteiger partial charge >= 0.3 is 17.9 Å². The first kappa shape index (κ1) is 22.5. The largest absolute Gasteiger partial charge is 0.461 e. The molecule has 3 rings (SSSR count). The zero-order valence-electron chi connectivity index (χ0n) is 17.9. The standard InChI is InChI=1S/C21H28O9/c1-6-27-21-8-7-19(4,30-21)9-15-17(14(18(24)29-15)11-26-12(2)22)16(28-13(3)23)10-20(21,5)25/h9,16,25H,6-8,10-11H2,1-5H3. The summed E-state index contributed by atoms with van der Waals surface area (Å²) in [6, 6.07) is 0. The summed E-state index contributed by atoms with van der Waals surface area (Å²) < 4.78 is 28.1. The SMILES string of the molecule is CCOC12CCC(C)(C=C3OC(=O)C(COC(C)=O)=C3C(OC(C)=O)CC1(C)O)O2. The van der Waals surface area contributed by atoms with Crippen molar-refractivity contribution in [3.63, 3.8) is 0 Å². The number of esters is 3. The van der Waals surface area contributed by atoms with Crippen molar-refractivity contribution in [1.82, 2.24) is 0 Å². The minimum absolute atomic E-state index is 0.0605. The van der Waals surface area contributed by atoms with Crippen LogP contribution in [-0.4, -0.2) is 59.3 Å². The van der Waals surface area contributed by atoms with Crippen molar-refractivity contribution in [2.75, 3.05) is 13.2 Å². The normalized spacial score (nSPS) is 35.6. The van der Waals surface area contributed by atoms with Crippen LogP contribution in [0.4, 0.5) is 0 Å². The van der Waals surface area contributed by atoms with Crippen molar-refractivity contribution in [2.24, 2.45) is 0 Å². The summed E-state index contributed by atoms with van der Waals surface area (Å²) >= 11 is 0. The maximum absolute atomic E-state index is 12.6. The van der Waals surface area contributed by atoms with Crippen LogP contribution in [0.25, 0.3) is 0 Å². The second kappa shape index (κ2) is 7.79. The monoisotopic (exact) mass is 424 g/mol. The lowest BCUT2D eigenvalue weighted by molar-refractivity contribution is -0.318. The molecule has 0 saturated carbocycles. The Morgan fingerprint density at radius 3 is 2.53 bits per heavy atom. The zero-order chi connectivity index (χ0) is 22.3. The van der Waals surface area contributed by atoms with Crippen molar-refractivity contribution in [1.29, 1.82) is 0 Å². The minimum atomic E-state index is -1.57. The molecule has 0 radical (unpaired) electrons. The molecule has 3 aliphatic heterocycles. The van der Waals surface area contributed by atoms with Crippen LogP contribution < -0.4 is 0 Å². The van der Waals surface area contributed by atoms with Crippen LogP contribution in [0.3, 0.4) is 0 Å². The van der Waals surface area contributed by atoms with Gasteiger partial charge in [-0.2, -0.15) is 0 Å². The molecular formula is C21H28O9. The highest BCUT2D eigenvalue weighted by Gasteiger charge is 2.60. The Hall–Kier alpha value is -2.23. The van der Waals surface area contributed by atoms with Gasteiger partial charge in [0.25, 0.3) is 0 Å². The molecule has 166 valence electrons. The quantitative estimate of drug-likeness (QED) is 0.519. The van der Waals surface area contributed by atoms with Crippen LogP contribution in [0, 0.1) is 0 Å². The Morgan fingerprint density at radius 1 is 1.23 bits per heavy atom. The van der Waals surface area contributed by atoms with Gasteiger partial charge in [-0.1, -0.05) is 0 Å². The van der Waals surface area contributed by atoms with Gasteiger partial charge in [0.05, 0.1) is 11.2 Å². The number of hydrogen-bond acceptors (Lipinski definition) is 9. The molecule has 3 aliphatic rings. The first-order chi connectivity index (χ1) is 13.9. The number of carbonyl (C=O) groups excluding carboxylic acids is 3. The molecule has 0 aromatic rings. The van der Waals surface area contributed by atoms with E-state index in [4.69, 9.17) is 23.7 Å². The molecule has 30 heavy (non-hydrogen) atoms. The molecule has 9 heteroatoms. The number of hydrogen-bond donors (Lipinski definition) is 1. The molecule has 1 saturated heterocycles. The van der Waals surface area contributed by atoms with Gasteiger partial charge in [-0.3, -0.25) is 9.59 Å². The van der Waals surface area contributed by atoms with Crippen LogP contribution in [0.1, 0.15) is 53.9 Å². The molecule has 4 atom stereocenters. The van der Waals surface area contributed by atoms with E-state index < -0.39 is 41.0 Å². The smallest absolute Gasteiger partial charge is 0.343 e. The van der Waals surface area contributed by atoms with E-state index in [1.807, 2.05) is 0 Å². The molecule has 0 aromatic heterocycles. The summed E-state index contributed by atoms with van der Waals surface area (Å²) in [5.74, 6) is -3.04. The second-order valence-electron chi connectivity index (χ2n) is 8.25. The average molecular weight is 424 g/mol. The number of ether oxygens (including phenoxy) is 5. The van der Waals surface area contributed by atoms with Crippen LogP contribution >= 0.6 is 0 Å². The minimum Gasteiger partial charge on any atom is -0.461 e. The van der Waals surface area contributed by atoms with E-state index in [0.717, 1.165) is 0 Å². The van der Waals surface area contributed by atoms with Crippen LogP contribution in [-0.2, 0) is 38.1 Å². The Balaban J connectivity index is 2.17. The third kappa shape index (κ3) is 4.01. The van der Waals surface area contributed by atoms with E-state index in [-0.39, 0.29) is 29.9 Å². The highest BCUT2D eigenvalue weighted by atomic mass is 16.7. The Labute approximate surface area is 174 Å². The zero-order valence-corrected chi connectivity index (χ0v) is 17.9. The van der Waals surface area contributed by atoms with Gasteiger partial charge in [0.2, 0.25) is 0 Å². The molecule has 1 N–H and O–H groups in total. The summed E-state index contributed by atoms with van der Waals surface area (Å²) in [6.07, 6.45) is 1.39.